The molecule has 1 unspecified atom stereocenters. The molecule has 0 bridgehead atoms. The Kier molecular flexibility index (Phi) is 4.64. The third kappa shape index (κ3) is 4.35. The highest BCUT2D eigenvalue weighted by Crippen LogP contribution is 2.15. The summed E-state index contributed by atoms with van der Waals surface area (Å²) in [4.78, 5) is 11.4. The fraction of sp³-hybridized carbons (Fsp3) is 0.667. The second kappa shape index (κ2) is 5.77. The number of carbonyl (C=O) groups is 1. The first-order chi connectivity index (χ1) is 7.11. The van der Waals surface area contributed by atoms with Gasteiger partial charge in [0.05, 0.1) is 0 Å². The topological polar surface area (TPSA) is 80.9 Å². The van der Waals surface area contributed by atoms with Crippen molar-refractivity contribution < 1.29 is 4.79 Å². The smallest absolute Gasteiger partial charge is 0.226 e. The maximum atomic E-state index is 11.4. The molecule has 0 aliphatic heterocycles. The van der Waals surface area contributed by atoms with E-state index in [1.165, 1.54) is 11.3 Å². The van der Waals surface area contributed by atoms with Gasteiger partial charge in [0.1, 0.15) is 5.01 Å². The third-order valence-electron chi connectivity index (χ3n) is 1.84. The normalized spacial score (nSPS) is 12.5. The van der Waals surface area contributed by atoms with Gasteiger partial charge in [-0.2, -0.15) is 0 Å². The molecule has 0 saturated carbocycles. The number of anilines is 1. The number of amides is 1. The largest absolute Gasteiger partial charge is 0.328 e. The molecule has 1 amide bonds. The van der Waals surface area contributed by atoms with Gasteiger partial charge in [-0.15, -0.1) is 10.2 Å². The minimum Gasteiger partial charge on any atom is -0.328 e. The average Bonchev–Trinajstić information content (AvgIpc) is 2.62. The Balaban J connectivity index is 2.37. The number of hydrogen-bond donors (Lipinski definition) is 2. The van der Waals surface area contributed by atoms with E-state index < -0.39 is 0 Å². The van der Waals surface area contributed by atoms with Crippen LogP contribution in [0, 0.1) is 0 Å². The lowest BCUT2D eigenvalue weighted by Gasteiger charge is -2.03. The minimum absolute atomic E-state index is 0.0499. The monoisotopic (exact) mass is 228 g/mol. The summed E-state index contributed by atoms with van der Waals surface area (Å²) in [5.41, 5.74) is 5.55. The first-order valence-corrected chi connectivity index (χ1v) is 5.81. The van der Waals surface area contributed by atoms with Crippen molar-refractivity contribution in [3.8, 4) is 0 Å². The lowest BCUT2D eigenvalue weighted by atomic mass is 10.2. The van der Waals surface area contributed by atoms with Crippen LogP contribution in [0.2, 0.25) is 0 Å². The van der Waals surface area contributed by atoms with E-state index in [2.05, 4.69) is 15.5 Å². The van der Waals surface area contributed by atoms with Crippen LogP contribution in [-0.4, -0.2) is 22.1 Å². The van der Waals surface area contributed by atoms with E-state index in [0.29, 0.717) is 18.0 Å². The number of rotatable bonds is 5. The summed E-state index contributed by atoms with van der Waals surface area (Å²) < 4.78 is 0. The zero-order chi connectivity index (χ0) is 11.3. The number of nitrogens with zero attached hydrogens (tertiary/aromatic N) is 2. The molecule has 0 aliphatic carbocycles. The van der Waals surface area contributed by atoms with Crippen molar-refractivity contribution >= 4 is 22.4 Å². The number of carbonyl (C=O) groups excluding carboxylic acids is 1. The molecule has 1 aromatic rings. The summed E-state index contributed by atoms with van der Waals surface area (Å²) in [6.45, 7) is 3.88. The van der Waals surface area contributed by atoms with E-state index in [9.17, 15) is 4.79 Å². The third-order valence-corrected chi connectivity index (χ3v) is 2.83. The molecular formula is C9H16N4OS. The van der Waals surface area contributed by atoms with E-state index in [1.807, 2.05) is 13.8 Å². The average molecular weight is 228 g/mol. The van der Waals surface area contributed by atoms with Crippen molar-refractivity contribution in [3.05, 3.63) is 5.01 Å². The molecule has 84 valence electrons. The number of aromatic nitrogens is 2. The predicted molar refractivity (Wildman–Crippen MR) is 60.8 cm³/mol. The summed E-state index contributed by atoms with van der Waals surface area (Å²) in [6.07, 6.45) is 1.96. The Morgan fingerprint density at radius 3 is 2.87 bits per heavy atom. The van der Waals surface area contributed by atoms with Crippen molar-refractivity contribution in [2.75, 3.05) is 5.32 Å². The van der Waals surface area contributed by atoms with Crippen LogP contribution in [-0.2, 0) is 11.2 Å². The van der Waals surface area contributed by atoms with Gasteiger partial charge in [0.2, 0.25) is 11.0 Å². The summed E-state index contributed by atoms with van der Waals surface area (Å²) in [5.74, 6) is -0.0499. The summed E-state index contributed by atoms with van der Waals surface area (Å²) in [7, 11) is 0. The highest BCUT2D eigenvalue weighted by Gasteiger charge is 2.07. The zero-order valence-electron chi connectivity index (χ0n) is 8.99. The second-order valence-electron chi connectivity index (χ2n) is 3.42. The van der Waals surface area contributed by atoms with Gasteiger partial charge < -0.3 is 11.1 Å². The van der Waals surface area contributed by atoms with Crippen LogP contribution in [0.1, 0.15) is 31.7 Å². The van der Waals surface area contributed by atoms with Gasteiger partial charge in [0.25, 0.3) is 0 Å². The fourth-order valence-electron chi connectivity index (χ4n) is 0.988. The van der Waals surface area contributed by atoms with Crippen molar-refractivity contribution in [1.82, 2.24) is 10.2 Å². The molecule has 1 rings (SSSR count). The lowest BCUT2D eigenvalue weighted by molar-refractivity contribution is -0.116. The van der Waals surface area contributed by atoms with Crippen molar-refractivity contribution in [1.29, 1.82) is 0 Å². The van der Waals surface area contributed by atoms with Crippen LogP contribution in [0.3, 0.4) is 0 Å². The van der Waals surface area contributed by atoms with Crippen molar-refractivity contribution in [2.45, 2.75) is 39.2 Å². The quantitative estimate of drug-likeness (QED) is 0.792. The van der Waals surface area contributed by atoms with Crippen LogP contribution in [0.5, 0.6) is 0 Å². The predicted octanol–water partition coefficient (Wildman–Crippen LogP) is 1.17. The van der Waals surface area contributed by atoms with Gasteiger partial charge in [-0.1, -0.05) is 18.3 Å². The van der Waals surface area contributed by atoms with Crippen molar-refractivity contribution in [3.63, 3.8) is 0 Å². The number of hydrogen-bond acceptors (Lipinski definition) is 5. The molecule has 1 atom stereocenters. The summed E-state index contributed by atoms with van der Waals surface area (Å²) >= 11 is 1.41. The van der Waals surface area contributed by atoms with Gasteiger partial charge in [-0.3, -0.25) is 4.79 Å². The summed E-state index contributed by atoms with van der Waals surface area (Å²) in [6, 6.07) is 0.0522. The molecule has 0 radical (unpaired) electrons. The molecule has 6 heteroatoms. The Labute approximate surface area is 93.1 Å². The molecular weight excluding hydrogens is 212 g/mol. The molecule has 0 aliphatic rings. The van der Waals surface area contributed by atoms with Gasteiger partial charge in [-0.05, 0) is 19.8 Å². The first kappa shape index (κ1) is 12.1. The molecule has 1 heterocycles. The zero-order valence-corrected chi connectivity index (χ0v) is 9.80. The molecule has 1 aromatic heterocycles. The highest BCUT2D eigenvalue weighted by atomic mass is 32.1. The van der Waals surface area contributed by atoms with Gasteiger partial charge in [0, 0.05) is 12.5 Å². The Bertz CT molecular complexity index is 324. The fourth-order valence-corrected chi connectivity index (χ4v) is 1.68. The van der Waals surface area contributed by atoms with Crippen LogP contribution in [0.15, 0.2) is 0 Å². The van der Waals surface area contributed by atoms with E-state index >= 15 is 0 Å². The Morgan fingerprint density at radius 1 is 1.60 bits per heavy atom. The maximum absolute atomic E-state index is 11.4. The van der Waals surface area contributed by atoms with E-state index in [-0.39, 0.29) is 11.9 Å². The maximum Gasteiger partial charge on any atom is 0.226 e. The SMILES string of the molecule is CCc1nnc(NC(=O)CCC(C)N)s1. The molecule has 0 fully saturated rings. The Morgan fingerprint density at radius 2 is 2.33 bits per heavy atom. The van der Waals surface area contributed by atoms with Crippen LogP contribution >= 0.6 is 11.3 Å². The lowest BCUT2D eigenvalue weighted by Crippen LogP contribution is -2.19. The van der Waals surface area contributed by atoms with Gasteiger partial charge >= 0.3 is 0 Å². The number of nitrogens with one attached hydrogen (secondary N) is 1. The standard InChI is InChI=1S/C9H16N4OS/c1-3-8-12-13-9(15-8)11-7(14)5-4-6(2)10/h6H,3-5,10H2,1-2H3,(H,11,13,14). The molecule has 0 aromatic carbocycles. The number of nitrogens with two attached hydrogens (primary N) is 1. The molecule has 0 saturated heterocycles. The van der Waals surface area contributed by atoms with Crippen LogP contribution in [0.25, 0.3) is 0 Å². The molecule has 15 heavy (non-hydrogen) atoms. The molecule has 3 N–H and O–H groups in total. The van der Waals surface area contributed by atoms with Crippen LogP contribution in [0.4, 0.5) is 5.13 Å². The van der Waals surface area contributed by atoms with E-state index in [1.54, 1.807) is 0 Å². The summed E-state index contributed by atoms with van der Waals surface area (Å²) in [5, 5.41) is 12.0. The first-order valence-electron chi connectivity index (χ1n) is 4.99. The van der Waals surface area contributed by atoms with Gasteiger partial charge in [-0.25, -0.2) is 0 Å². The van der Waals surface area contributed by atoms with E-state index in [4.69, 9.17) is 5.73 Å². The second-order valence-corrected chi connectivity index (χ2v) is 4.48. The highest BCUT2D eigenvalue weighted by molar-refractivity contribution is 7.15. The Hall–Kier alpha value is -1.01. The molecule has 5 nitrogen and oxygen atoms in total. The van der Waals surface area contributed by atoms with Crippen LogP contribution < -0.4 is 11.1 Å². The minimum atomic E-state index is -0.0499. The van der Waals surface area contributed by atoms with E-state index in [0.717, 1.165) is 11.4 Å². The molecule has 0 spiro atoms. The number of aryl methyl sites for hydroxylation is 1. The van der Waals surface area contributed by atoms with Gasteiger partial charge in [0.15, 0.2) is 0 Å². The van der Waals surface area contributed by atoms with Crippen molar-refractivity contribution in [2.24, 2.45) is 5.73 Å².